The number of benzene rings is 2. The SMILES string of the molecule is CC(C)n1cc(/C=C2/SC(=O)N(Cc3cc4c(cc3Cl)OCO4)C2=O)c2ccccc21. The molecule has 3 aromatic rings. The third kappa shape index (κ3) is 3.47. The minimum absolute atomic E-state index is 0.0746. The first kappa shape index (κ1) is 20.0. The third-order valence-corrected chi connectivity index (χ3v) is 6.62. The molecular weight excluding hydrogens is 436 g/mol. The topological polar surface area (TPSA) is 60.8 Å². The van der Waals surface area contributed by atoms with Gasteiger partial charge in [0.25, 0.3) is 11.1 Å². The van der Waals surface area contributed by atoms with E-state index in [1.54, 1.807) is 18.2 Å². The number of aromatic nitrogens is 1. The molecule has 0 atom stereocenters. The second-order valence-corrected chi connectivity index (χ2v) is 9.07. The summed E-state index contributed by atoms with van der Waals surface area (Å²) in [6.45, 7) is 4.42. The van der Waals surface area contributed by atoms with Crippen molar-refractivity contribution in [1.29, 1.82) is 0 Å². The Kier molecular flexibility index (Phi) is 4.95. The Bertz CT molecular complexity index is 1260. The lowest BCUT2D eigenvalue weighted by atomic mass is 10.1. The van der Waals surface area contributed by atoms with Gasteiger partial charge in [-0.15, -0.1) is 0 Å². The highest BCUT2D eigenvalue weighted by Gasteiger charge is 2.36. The van der Waals surface area contributed by atoms with Gasteiger partial charge >= 0.3 is 0 Å². The molecule has 1 fully saturated rings. The smallest absolute Gasteiger partial charge is 0.293 e. The maximum Gasteiger partial charge on any atom is 0.293 e. The van der Waals surface area contributed by atoms with Gasteiger partial charge in [-0.1, -0.05) is 29.8 Å². The first-order chi connectivity index (χ1) is 14.9. The molecule has 0 bridgehead atoms. The Morgan fingerprint density at radius 3 is 2.68 bits per heavy atom. The molecule has 0 spiro atoms. The van der Waals surface area contributed by atoms with Crippen LogP contribution in [0.1, 0.15) is 31.0 Å². The van der Waals surface area contributed by atoms with Gasteiger partial charge < -0.3 is 14.0 Å². The average Bonchev–Trinajstić information content (AvgIpc) is 3.41. The van der Waals surface area contributed by atoms with Crippen molar-refractivity contribution in [3.8, 4) is 11.5 Å². The molecule has 2 aliphatic rings. The van der Waals surface area contributed by atoms with Crippen LogP contribution in [0.15, 0.2) is 47.5 Å². The zero-order chi connectivity index (χ0) is 21.7. The molecule has 2 aromatic carbocycles. The lowest BCUT2D eigenvalue weighted by molar-refractivity contribution is -0.123. The molecule has 2 aliphatic heterocycles. The lowest BCUT2D eigenvalue weighted by Crippen LogP contribution is -2.27. The molecule has 0 radical (unpaired) electrons. The highest BCUT2D eigenvalue weighted by molar-refractivity contribution is 8.18. The number of amides is 2. The van der Waals surface area contributed by atoms with E-state index in [0.29, 0.717) is 27.0 Å². The number of fused-ring (bicyclic) bond motifs is 2. The lowest BCUT2D eigenvalue weighted by Gasteiger charge is -2.14. The molecule has 2 amide bonds. The van der Waals surface area contributed by atoms with E-state index in [2.05, 4.69) is 24.5 Å². The second kappa shape index (κ2) is 7.66. The third-order valence-electron chi connectivity index (χ3n) is 5.36. The predicted octanol–water partition coefficient (Wildman–Crippen LogP) is 5.84. The number of carbonyl (C=O) groups excluding carboxylic acids is 2. The second-order valence-electron chi connectivity index (χ2n) is 7.67. The van der Waals surface area contributed by atoms with Crippen LogP contribution < -0.4 is 9.47 Å². The summed E-state index contributed by atoms with van der Waals surface area (Å²) >= 11 is 7.28. The molecule has 3 heterocycles. The van der Waals surface area contributed by atoms with Gasteiger partial charge in [0.1, 0.15) is 0 Å². The summed E-state index contributed by atoms with van der Waals surface area (Å²) in [7, 11) is 0. The maximum absolute atomic E-state index is 13.1. The Labute approximate surface area is 188 Å². The summed E-state index contributed by atoms with van der Waals surface area (Å²) in [4.78, 5) is 27.3. The largest absolute Gasteiger partial charge is 0.454 e. The number of halogens is 1. The van der Waals surface area contributed by atoms with Crippen LogP contribution in [0.25, 0.3) is 17.0 Å². The Balaban J connectivity index is 1.46. The van der Waals surface area contributed by atoms with E-state index in [0.717, 1.165) is 28.2 Å². The van der Waals surface area contributed by atoms with Crippen molar-refractivity contribution in [2.24, 2.45) is 0 Å². The summed E-state index contributed by atoms with van der Waals surface area (Å²) in [5, 5.41) is 1.15. The fourth-order valence-corrected chi connectivity index (χ4v) is 4.84. The standard InChI is InChI=1S/C23H19ClN2O4S/c1-13(2)25-10-14(16-5-3-4-6-18(16)25)8-21-22(27)26(23(28)31-21)11-15-7-19-20(9-17(15)24)30-12-29-19/h3-10,13H,11-12H2,1-2H3/b21-8+. The van der Waals surface area contributed by atoms with Gasteiger partial charge in [0.2, 0.25) is 6.79 Å². The summed E-state index contributed by atoms with van der Waals surface area (Å²) in [5.74, 6) is 0.790. The fourth-order valence-electron chi connectivity index (χ4n) is 3.80. The van der Waals surface area contributed by atoms with Crippen molar-refractivity contribution >= 4 is 51.5 Å². The van der Waals surface area contributed by atoms with Crippen LogP contribution >= 0.6 is 23.4 Å². The Morgan fingerprint density at radius 1 is 1.16 bits per heavy atom. The van der Waals surface area contributed by atoms with Crippen molar-refractivity contribution in [2.75, 3.05) is 6.79 Å². The average molecular weight is 455 g/mol. The highest BCUT2D eigenvalue weighted by Crippen LogP contribution is 2.40. The van der Waals surface area contributed by atoms with Gasteiger partial charge in [0, 0.05) is 39.8 Å². The fraction of sp³-hybridized carbons (Fsp3) is 0.217. The van der Waals surface area contributed by atoms with Crippen LogP contribution in [-0.4, -0.2) is 27.4 Å². The molecule has 0 aliphatic carbocycles. The molecule has 0 saturated carbocycles. The van der Waals surface area contributed by atoms with Gasteiger partial charge in [0.15, 0.2) is 11.5 Å². The highest BCUT2D eigenvalue weighted by atomic mass is 35.5. The molecule has 1 saturated heterocycles. The van der Waals surface area contributed by atoms with E-state index in [-0.39, 0.29) is 30.5 Å². The van der Waals surface area contributed by atoms with Gasteiger partial charge in [0.05, 0.1) is 11.4 Å². The van der Waals surface area contributed by atoms with E-state index in [4.69, 9.17) is 21.1 Å². The van der Waals surface area contributed by atoms with Crippen molar-refractivity contribution < 1.29 is 19.1 Å². The monoisotopic (exact) mass is 454 g/mol. The molecule has 0 unspecified atom stereocenters. The van der Waals surface area contributed by atoms with Gasteiger partial charge in [-0.3, -0.25) is 14.5 Å². The van der Waals surface area contributed by atoms with Gasteiger partial charge in [-0.25, -0.2) is 0 Å². The number of hydrogen-bond donors (Lipinski definition) is 0. The number of nitrogens with zero attached hydrogens (tertiary/aromatic N) is 2. The molecule has 5 rings (SSSR count). The number of hydrogen-bond acceptors (Lipinski definition) is 5. The summed E-state index contributed by atoms with van der Waals surface area (Å²) < 4.78 is 12.9. The molecule has 8 heteroatoms. The Hall–Kier alpha value is -2.90. The number of thioether (sulfide) groups is 1. The first-order valence-electron chi connectivity index (χ1n) is 9.85. The van der Waals surface area contributed by atoms with Crippen LogP contribution in [0.2, 0.25) is 5.02 Å². The molecule has 1 aromatic heterocycles. The van der Waals surface area contributed by atoms with Crippen molar-refractivity contribution in [3.05, 3.63) is 63.6 Å². The Morgan fingerprint density at radius 2 is 1.90 bits per heavy atom. The minimum Gasteiger partial charge on any atom is -0.454 e. The van der Waals surface area contributed by atoms with Crippen molar-refractivity contribution in [2.45, 2.75) is 26.4 Å². The maximum atomic E-state index is 13.1. The van der Waals surface area contributed by atoms with E-state index in [9.17, 15) is 9.59 Å². The molecule has 6 nitrogen and oxygen atoms in total. The number of rotatable bonds is 4. The number of imide groups is 1. The van der Waals surface area contributed by atoms with Crippen LogP contribution in [-0.2, 0) is 11.3 Å². The van der Waals surface area contributed by atoms with E-state index in [1.807, 2.05) is 24.4 Å². The molecule has 31 heavy (non-hydrogen) atoms. The number of para-hydroxylation sites is 1. The molecular formula is C23H19ClN2O4S. The molecule has 0 N–H and O–H groups in total. The summed E-state index contributed by atoms with van der Waals surface area (Å²) in [6, 6.07) is 11.7. The quantitative estimate of drug-likeness (QED) is 0.463. The number of ether oxygens (including phenoxy) is 2. The summed E-state index contributed by atoms with van der Waals surface area (Å²) in [6.07, 6.45) is 3.82. The zero-order valence-electron chi connectivity index (χ0n) is 16.9. The first-order valence-corrected chi connectivity index (χ1v) is 11.0. The van der Waals surface area contributed by atoms with E-state index in [1.165, 1.54) is 4.90 Å². The van der Waals surface area contributed by atoms with Crippen LogP contribution in [0.4, 0.5) is 4.79 Å². The van der Waals surface area contributed by atoms with Crippen LogP contribution in [0.5, 0.6) is 11.5 Å². The number of carbonyl (C=O) groups is 2. The van der Waals surface area contributed by atoms with Crippen molar-refractivity contribution in [3.63, 3.8) is 0 Å². The van der Waals surface area contributed by atoms with E-state index < -0.39 is 0 Å². The predicted molar refractivity (Wildman–Crippen MR) is 121 cm³/mol. The van der Waals surface area contributed by atoms with Crippen molar-refractivity contribution in [1.82, 2.24) is 9.47 Å². The van der Waals surface area contributed by atoms with E-state index >= 15 is 0 Å². The van der Waals surface area contributed by atoms with Gasteiger partial charge in [-0.2, -0.15) is 0 Å². The normalized spacial score (nSPS) is 17.0. The zero-order valence-corrected chi connectivity index (χ0v) is 18.5. The summed E-state index contributed by atoms with van der Waals surface area (Å²) in [5.41, 5.74) is 2.64. The van der Waals surface area contributed by atoms with Gasteiger partial charge in [-0.05, 0) is 49.4 Å². The molecule has 158 valence electrons. The van der Waals surface area contributed by atoms with Crippen LogP contribution in [0, 0.1) is 0 Å². The van der Waals surface area contributed by atoms with Crippen LogP contribution in [0.3, 0.4) is 0 Å². The minimum atomic E-state index is -0.329.